The number of methoxy groups -OCH3 is 1. The molecule has 3 rings (SSSR count). The van der Waals surface area contributed by atoms with E-state index in [9.17, 15) is 4.79 Å². The molecule has 1 N–H and O–H groups in total. The van der Waals surface area contributed by atoms with Crippen molar-refractivity contribution in [2.45, 2.75) is 31.3 Å². The highest BCUT2D eigenvalue weighted by Crippen LogP contribution is 2.34. The standard InChI is InChI=1S/C14H17BrN2O2/c1-19-13-5-2-9(15)8-12(13)17-7-6-11(14(17)18)16-10-3-4-10/h2,5,8,10-11,16H,3-4,6-7H2,1H3. The van der Waals surface area contributed by atoms with E-state index >= 15 is 0 Å². The van der Waals surface area contributed by atoms with Gasteiger partial charge < -0.3 is 15.0 Å². The van der Waals surface area contributed by atoms with Crippen LogP contribution < -0.4 is 15.0 Å². The molecule has 1 heterocycles. The summed E-state index contributed by atoms with van der Waals surface area (Å²) in [5, 5.41) is 3.41. The zero-order chi connectivity index (χ0) is 13.4. The Morgan fingerprint density at radius 2 is 2.16 bits per heavy atom. The van der Waals surface area contributed by atoms with E-state index in [4.69, 9.17) is 4.74 Å². The summed E-state index contributed by atoms with van der Waals surface area (Å²) in [4.78, 5) is 14.3. The Labute approximate surface area is 121 Å². The van der Waals surface area contributed by atoms with Crippen molar-refractivity contribution < 1.29 is 9.53 Å². The smallest absolute Gasteiger partial charge is 0.244 e. The van der Waals surface area contributed by atoms with Crippen molar-refractivity contribution in [3.05, 3.63) is 22.7 Å². The molecule has 1 atom stereocenters. The van der Waals surface area contributed by atoms with E-state index in [1.807, 2.05) is 23.1 Å². The van der Waals surface area contributed by atoms with Gasteiger partial charge in [0.2, 0.25) is 5.91 Å². The third kappa shape index (κ3) is 2.62. The molecule has 19 heavy (non-hydrogen) atoms. The van der Waals surface area contributed by atoms with Crippen molar-refractivity contribution in [3.63, 3.8) is 0 Å². The number of nitrogens with one attached hydrogen (secondary N) is 1. The molecule has 1 saturated carbocycles. The SMILES string of the molecule is COc1ccc(Br)cc1N1CCC(NC2CC2)C1=O. The predicted octanol–water partition coefficient (Wildman–Crippen LogP) is 2.31. The number of nitrogens with zero attached hydrogens (tertiary/aromatic N) is 1. The number of anilines is 1. The van der Waals surface area contributed by atoms with Crippen LogP contribution in [0.4, 0.5) is 5.69 Å². The lowest BCUT2D eigenvalue weighted by Gasteiger charge is -2.20. The summed E-state index contributed by atoms with van der Waals surface area (Å²) in [6, 6.07) is 6.27. The van der Waals surface area contributed by atoms with Gasteiger partial charge in [-0.2, -0.15) is 0 Å². The van der Waals surface area contributed by atoms with Crippen LogP contribution in [0.5, 0.6) is 5.75 Å². The summed E-state index contributed by atoms with van der Waals surface area (Å²) in [5.41, 5.74) is 0.849. The maximum atomic E-state index is 12.4. The Balaban J connectivity index is 1.82. The number of amides is 1. The molecule has 102 valence electrons. The lowest BCUT2D eigenvalue weighted by atomic mass is 10.2. The average molecular weight is 325 g/mol. The molecule has 4 nitrogen and oxygen atoms in total. The second kappa shape index (κ2) is 5.13. The molecule has 1 aromatic carbocycles. The van der Waals surface area contributed by atoms with E-state index in [-0.39, 0.29) is 11.9 Å². The van der Waals surface area contributed by atoms with Gasteiger partial charge in [0.05, 0.1) is 18.8 Å². The second-order valence-corrected chi connectivity index (χ2v) is 6.00. The normalized spacial score (nSPS) is 22.9. The van der Waals surface area contributed by atoms with Crippen LogP contribution in [-0.2, 0) is 4.79 Å². The van der Waals surface area contributed by atoms with Crippen molar-refractivity contribution >= 4 is 27.5 Å². The highest BCUT2D eigenvalue weighted by Gasteiger charge is 2.37. The number of hydrogen-bond donors (Lipinski definition) is 1. The monoisotopic (exact) mass is 324 g/mol. The van der Waals surface area contributed by atoms with Gasteiger partial charge in [-0.1, -0.05) is 15.9 Å². The van der Waals surface area contributed by atoms with Crippen LogP contribution in [-0.4, -0.2) is 31.6 Å². The van der Waals surface area contributed by atoms with Gasteiger partial charge >= 0.3 is 0 Å². The maximum absolute atomic E-state index is 12.4. The molecule has 1 amide bonds. The van der Waals surface area contributed by atoms with Crippen LogP contribution in [0.15, 0.2) is 22.7 Å². The lowest BCUT2D eigenvalue weighted by Crippen LogP contribution is -2.39. The minimum Gasteiger partial charge on any atom is -0.495 e. The van der Waals surface area contributed by atoms with Crippen LogP contribution in [0, 0.1) is 0 Å². The number of rotatable bonds is 4. The summed E-state index contributed by atoms with van der Waals surface area (Å²) < 4.78 is 6.31. The Morgan fingerprint density at radius 3 is 2.84 bits per heavy atom. The topological polar surface area (TPSA) is 41.6 Å². The largest absolute Gasteiger partial charge is 0.495 e. The number of hydrogen-bond acceptors (Lipinski definition) is 3. The van der Waals surface area contributed by atoms with E-state index in [0.29, 0.717) is 6.04 Å². The zero-order valence-electron chi connectivity index (χ0n) is 10.9. The summed E-state index contributed by atoms with van der Waals surface area (Å²) >= 11 is 3.45. The van der Waals surface area contributed by atoms with Gasteiger partial charge in [0.25, 0.3) is 0 Å². The van der Waals surface area contributed by atoms with Gasteiger partial charge in [-0.25, -0.2) is 0 Å². The molecule has 5 heteroatoms. The van der Waals surface area contributed by atoms with E-state index in [2.05, 4.69) is 21.2 Å². The third-order valence-corrected chi connectivity index (χ3v) is 4.14. The van der Waals surface area contributed by atoms with E-state index in [1.54, 1.807) is 7.11 Å². The van der Waals surface area contributed by atoms with Crippen LogP contribution in [0.2, 0.25) is 0 Å². The van der Waals surface area contributed by atoms with Gasteiger partial charge in [-0.05, 0) is 37.5 Å². The molecule has 0 bridgehead atoms. The third-order valence-electron chi connectivity index (χ3n) is 3.65. The molecule has 1 aliphatic heterocycles. The summed E-state index contributed by atoms with van der Waals surface area (Å²) in [6.45, 7) is 0.746. The van der Waals surface area contributed by atoms with Crippen molar-refractivity contribution in [3.8, 4) is 5.75 Å². The molecular weight excluding hydrogens is 308 g/mol. The van der Waals surface area contributed by atoms with Gasteiger partial charge in [0.15, 0.2) is 0 Å². The maximum Gasteiger partial charge on any atom is 0.244 e. The lowest BCUT2D eigenvalue weighted by molar-refractivity contribution is -0.118. The summed E-state index contributed by atoms with van der Waals surface area (Å²) in [6.07, 6.45) is 3.26. The number of ether oxygens (including phenoxy) is 1. The molecule has 0 spiro atoms. The molecule has 1 aromatic rings. The minimum atomic E-state index is -0.0313. The predicted molar refractivity (Wildman–Crippen MR) is 77.6 cm³/mol. The molecule has 2 aliphatic rings. The van der Waals surface area contributed by atoms with Crippen LogP contribution >= 0.6 is 15.9 Å². The molecule has 0 radical (unpaired) electrons. The van der Waals surface area contributed by atoms with Gasteiger partial charge in [-0.15, -0.1) is 0 Å². The van der Waals surface area contributed by atoms with Crippen molar-refractivity contribution in [2.24, 2.45) is 0 Å². The Kier molecular flexibility index (Phi) is 3.50. The first-order valence-electron chi connectivity index (χ1n) is 6.60. The van der Waals surface area contributed by atoms with Crippen molar-refractivity contribution in [1.82, 2.24) is 5.32 Å². The Bertz CT molecular complexity index is 502. The number of benzene rings is 1. The van der Waals surface area contributed by atoms with Gasteiger partial charge in [0, 0.05) is 17.1 Å². The number of carbonyl (C=O) groups excluding carboxylic acids is 1. The Morgan fingerprint density at radius 1 is 1.37 bits per heavy atom. The van der Waals surface area contributed by atoms with Gasteiger partial charge in [-0.3, -0.25) is 4.79 Å². The molecule has 0 aromatic heterocycles. The van der Waals surface area contributed by atoms with E-state index in [1.165, 1.54) is 12.8 Å². The van der Waals surface area contributed by atoms with Crippen LogP contribution in [0.1, 0.15) is 19.3 Å². The van der Waals surface area contributed by atoms with E-state index < -0.39 is 0 Å². The average Bonchev–Trinajstić information content (AvgIpc) is 3.14. The minimum absolute atomic E-state index is 0.0313. The summed E-state index contributed by atoms with van der Waals surface area (Å²) in [7, 11) is 1.63. The fourth-order valence-corrected chi connectivity index (χ4v) is 2.83. The fourth-order valence-electron chi connectivity index (χ4n) is 2.48. The quantitative estimate of drug-likeness (QED) is 0.924. The number of halogens is 1. The first-order valence-corrected chi connectivity index (χ1v) is 7.39. The second-order valence-electron chi connectivity index (χ2n) is 5.09. The molecule has 1 unspecified atom stereocenters. The highest BCUT2D eigenvalue weighted by atomic mass is 79.9. The summed E-state index contributed by atoms with van der Waals surface area (Å²) in [5.74, 6) is 0.895. The first kappa shape index (κ1) is 12.9. The van der Waals surface area contributed by atoms with Crippen LogP contribution in [0.3, 0.4) is 0 Å². The van der Waals surface area contributed by atoms with Crippen molar-refractivity contribution in [1.29, 1.82) is 0 Å². The van der Waals surface area contributed by atoms with E-state index in [0.717, 1.165) is 28.9 Å². The first-order chi connectivity index (χ1) is 9.19. The zero-order valence-corrected chi connectivity index (χ0v) is 12.4. The van der Waals surface area contributed by atoms with Crippen LogP contribution in [0.25, 0.3) is 0 Å². The Hall–Kier alpha value is -1.07. The fraction of sp³-hybridized carbons (Fsp3) is 0.500. The highest BCUT2D eigenvalue weighted by molar-refractivity contribution is 9.10. The molecule has 2 fully saturated rings. The molecular formula is C14H17BrN2O2. The number of carbonyl (C=O) groups is 1. The molecule has 1 saturated heterocycles. The molecule has 1 aliphatic carbocycles. The van der Waals surface area contributed by atoms with Gasteiger partial charge in [0.1, 0.15) is 5.75 Å². The van der Waals surface area contributed by atoms with Crippen molar-refractivity contribution in [2.75, 3.05) is 18.6 Å².